The van der Waals surface area contributed by atoms with E-state index >= 15 is 0 Å². The molecule has 0 spiro atoms. The van der Waals surface area contributed by atoms with Crippen molar-refractivity contribution in [1.29, 1.82) is 0 Å². The van der Waals surface area contributed by atoms with Gasteiger partial charge in [0.25, 0.3) is 11.7 Å². The summed E-state index contributed by atoms with van der Waals surface area (Å²) in [5.74, 6) is -1.14. The van der Waals surface area contributed by atoms with Crippen molar-refractivity contribution >= 4 is 23.4 Å². The molecule has 2 aromatic rings. The van der Waals surface area contributed by atoms with Gasteiger partial charge in [-0.1, -0.05) is 11.8 Å². The topological polar surface area (TPSA) is 52.0 Å². The van der Waals surface area contributed by atoms with Gasteiger partial charge < -0.3 is 19.7 Å². The molecule has 8 heteroatoms. The zero-order chi connectivity index (χ0) is 18.5. The molecule has 0 fully saturated rings. The van der Waals surface area contributed by atoms with Gasteiger partial charge in [-0.05, 0) is 42.5 Å². The molecule has 1 aliphatic heterocycles. The Morgan fingerprint density at radius 3 is 2.65 bits per heavy atom. The maximum Gasteiger partial charge on any atom is 0.288 e. The number of nitrogens with one attached hydrogen (secondary N) is 2. The van der Waals surface area contributed by atoms with Crippen molar-refractivity contribution in [3.63, 3.8) is 0 Å². The minimum absolute atomic E-state index is 0.141. The number of benzene rings is 2. The highest BCUT2D eigenvalue weighted by Crippen LogP contribution is 2.32. The van der Waals surface area contributed by atoms with Gasteiger partial charge in [-0.15, -0.1) is 0 Å². The number of alkyl halides is 2. The predicted molar refractivity (Wildman–Crippen MR) is 95.0 cm³/mol. The normalized spacial score (nSPS) is 13.7. The second-order valence-corrected chi connectivity index (χ2v) is 7.01. The molecule has 1 atom stereocenters. The van der Waals surface area contributed by atoms with Crippen molar-refractivity contribution in [3.05, 3.63) is 48.0 Å². The molecule has 1 aliphatic rings. The maximum atomic E-state index is 12.3. The quantitative estimate of drug-likeness (QED) is 0.723. The van der Waals surface area contributed by atoms with Crippen molar-refractivity contribution in [2.45, 2.75) is 17.2 Å². The molecule has 138 valence electrons. The largest absolute Gasteiger partial charge is 0.454 e. The van der Waals surface area contributed by atoms with Crippen LogP contribution in [0, 0.1) is 0 Å². The Morgan fingerprint density at radius 2 is 1.92 bits per heavy atom. The van der Waals surface area contributed by atoms with Gasteiger partial charge in [0.1, 0.15) is 6.54 Å². The number of amides is 1. The Kier molecular flexibility index (Phi) is 5.95. The standard InChI is InChI=1S/C18H18F2N2O3S/c1-22(9-12-2-7-15-16(8-12)25-11-24-15)10-17(23)21-13-3-5-14(6-4-13)26-18(19)20/h2-8,18H,9-11H2,1H3,(H,21,23)/p+1. The first-order valence-electron chi connectivity index (χ1n) is 8.04. The summed E-state index contributed by atoms with van der Waals surface area (Å²) in [6.07, 6.45) is 0. The van der Waals surface area contributed by atoms with Gasteiger partial charge in [0.15, 0.2) is 18.0 Å². The fourth-order valence-electron chi connectivity index (χ4n) is 2.66. The van der Waals surface area contributed by atoms with Crippen LogP contribution >= 0.6 is 11.8 Å². The van der Waals surface area contributed by atoms with Gasteiger partial charge >= 0.3 is 0 Å². The minimum Gasteiger partial charge on any atom is -0.454 e. The van der Waals surface area contributed by atoms with Crippen LogP contribution in [0.1, 0.15) is 5.56 Å². The minimum atomic E-state index is -2.45. The third-order valence-electron chi connectivity index (χ3n) is 3.77. The first-order valence-corrected chi connectivity index (χ1v) is 8.92. The van der Waals surface area contributed by atoms with E-state index in [-0.39, 0.29) is 19.2 Å². The maximum absolute atomic E-state index is 12.3. The SMILES string of the molecule is C[NH+](CC(=O)Nc1ccc(SC(F)F)cc1)Cc1ccc2c(c1)OCO2. The monoisotopic (exact) mass is 381 g/mol. The van der Waals surface area contributed by atoms with E-state index in [1.807, 2.05) is 25.2 Å². The lowest BCUT2D eigenvalue weighted by molar-refractivity contribution is -0.885. The van der Waals surface area contributed by atoms with Crippen molar-refractivity contribution in [1.82, 2.24) is 0 Å². The smallest absolute Gasteiger partial charge is 0.288 e. The zero-order valence-corrected chi connectivity index (χ0v) is 14.9. The van der Waals surface area contributed by atoms with Gasteiger partial charge in [-0.25, -0.2) is 0 Å². The molecule has 3 rings (SSSR count). The average Bonchev–Trinajstić information content (AvgIpc) is 3.03. The second kappa shape index (κ2) is 8.37. The van der Waals surface area contributed by atoms with Crippen LogP contribution in [0.25, 0.3) is 0 Å². The molecular formula is C18H19F2N2O3S+. The number of likely N-dealkylation sites (N-methyl/N-ethyl adjacent to an activating group) is 1. The van der Waals surface area contributed by atoms with E-state index in [0.29, 0.717) is 28.9 Å². The highest BCUT2D eigenvalue weighted by atomic mass is 32.2. The number of rotatable bonds is 7. The number of anilines is 1. The van der Waals surface area contributed by atoms with E-state index in [1.54, 1.807) is 24.3 Å². The van der Waals surface area contributed by atoms with Crippen LogP contribution in [-0.2, 0) is 11.3 Å². The van der Waals surface area contributed by atoms with E-state index in [9.17, 15) is 13.6 Å². The number of quaternary nitrogens is 1. The molecule has 5 nitrogen and oxygen atoms in total. The average molecular weight is 381 g/mol. The van der Waals surface area contributed by atoms with Crippen molar-refractivity contribution in [2.24, 2.45) is 0 Å². The number of ether oxygens (including phenoxy) is 2. The number of carbonyl (C=O) groups is 1. The van der Waals surface area contributed by atoms with Crippen molar-refractivity contribution < 1.29 is 27.9 Å². The highest BCUT2D eigenvalue weighted by molar-refractivity contribution is 7.99. The molecule has 0 aromatic heterocycles. The van der Waals surface area contributed by atoms with Crippen LogP contribution in [0.15, 0.2) is 47.4 Å². The summed E-state index contributed by atoms with van der Waals surface area (Å²) in [6, 6.07) is 12.1. The first-order chi connectivity index (χ1) is 12.5. The van der Waals surface area contributed by atoms with Crippen LogP contribution in [0.4, 0.5) is 14.5 Å². The molecule has 2 aromatic carbocycles. The fraction of sp³-hybridized carbons (Fsp3) is 0.278. The lowest BCUT2D eigenvalue weighted by Gasteiger charge is -2.14. The Bertz CT molecular complexity index is 772. The molecule has 0 radical (unpaired) electrons. The summed E-state index contributed by atoms with van der Waals surface area (Å²) in [7, 11) is 1.92. The van der Waals surface area contributed by atoms with E-state index in [2.05, 4.69) is 5.32 Å². The Morgan fingerprint density at radius 1 is 1.19 bits per heavy atom. The number of fused-ring (bicyclic) bond motifs is 1. The van der Waals surface area contributed by atoms with Gasteiger partial charge in [-0.2, -0.15) is 8.78 Å². The second-order valence-electron chi connectivity index (χ2n) is 5.95. The summed E-state index contributed by atoms with van der Waals surface area (Å²) in [4.78, 5) is 13.6. The highest BCUT2D eigenvalue weighted by Gasteiger charge is 2.16. The molecule has 1 unspecified atom stereocenters. The Balaban J connectivity index is 1.49. The predicted octanol–water partition coefficient (Wildman–Crippen LogP) is 2.38. The number of carbonyl (C=O) groups excluding carboxylic acids is 1. The molecule has 26 heavy (non-hydrogen) atoms. The van der Waals surface area contributed by atoms with E-state index in [1.165, 1.54) is 0 Å². The third kappa shape index (κ3) is 5.09. The zero-order valence-electron chi connectivity index (χ0n) is 14.1. The lowest BCUT2D eigenvalue weighted by Crippen LogP contribution is -3.08. The molecule has 0 saturated carbocycles. The van der Waals surface area contributed by atoms with Gasteiger partial charge in [-0.3, -0.25) is 4.79 Å². The molecule has 1 heterocycles. The Labute approximate surface area is 154 Å². The molecular weight excluding hydrogens is 362 g/mol. The fourth-order valence-corrected chi connectivity index (χ4v) is 3.16. The van der Waals surface area contributed by atoms with E-state index in [0.717, 1.165) is 22.0 Å². The number of hydrogen-bond acceptors (Lipinski definition) is 4. The van der Waals surface area contributed by atoms with Crippen LogP contribution < -0.4 is 19.7 Å². The first kappa shape index (κ1) is 18.5. The van der Waals surface area contributed by atoms with Gasteiger partial charge in [0.05, 0.1) is 7.05 Å². The van der Waals surface area contributed by atoms with Crippen LogP contribution in [0.3, 0.4) is 0 Å². The number of hydrogen-bond donors (Lipinski definition) is 2. The van der Waals surface area contributed by atoms with Crippen molar-refractivity contribution in [2.75, 3.05) is 25.7 Å². The molecule has 2 N–H and O–H groups in total. The summed E-state index contributed by atoms with van der Waals surface area (Å²) in [5.41, 5.74) is 1.64. The molecule has 0 saturated heterocycles. The molecule has 0 bridgehead atoms. The molecule has 1 amide bonds. The van der Waals surface area contributed by atoms with Gasteiger partial charge in [0, 0.05) is 16.1 Å². The van der Waals surface area contributed by atoms with E-state index in [4.69, 9.17) is 9.47 Å². The molecule has 0 aliphatic carbocycles. The number of halogens is 2. The summed E-state index contributed by atoms with van der Waals surface area (Å²) in [6.45, 7) is 1.18. The Hall–Kier alpha value is -2.32. The third-order valence-corrected chi connectivity index (χ3v) is 4.49. The lowest BCUT2D eigenvalue weighted by atomic mass is 10.2. The van der Waals surface area contributed by atoms with Crippen molar-refractivity contribution in [3.8, 4) is 11.5 Å². The summed E-state index contributed by atoms with van der Waals surface area (Å²) >= 11 is 0.477. The van der Waals surface area contributed by atoms with E-state index < -0.39 is 5.76 Å². The number of thioether (sulfide) groups is 1. The summed E-state index contributed by atoms with van der Waals surface area (Å²) < 4.78 is 35.2. The van der Waals surface area contributed by atoms with Crippen LogP contribution in [0.5, 0.6) is 11.5 Å². The van der Waals surface area contributed by atoms with Gasteiger partial charge in [0.2, 0.25) is 6.79 Å². The van der Waals surface area contributed by atoms with Crippen LogP contribution in [-0.4, -0.2) is 32.1 Å². The van der Waals surface area contributed by atoms with Crippen LogP contribution in [0.2, 0.25) is 0 Å². The summed E-state index contributed by atoms with van der Waals surface area (Å²) in [5, 5.41) is 2.78.